The third-order valence-corrected chi connectivity index (χ3v) is 4.81. The maximum absolute atomic E-state index is 12.6. The van der Waals surface area contributed by atoms with Crippen LogP contribution in [0.1, 0.15) is 25.7 Å². The summed E-state index contributed by atoms with van der Waals surface area (Å²) in [6, 6.07) is 4.89. The van der Waals surface area contributed by atoms with Crippen LogP contribution in [-0.2, 0) is 9.59 Å². The highest BCUT2D eigenvalue weighted by atomic mass is 19.3. The van der Waals surface area contributed by atoms with Gasteiger partial charge in [0, 0.05) is 37.9 Å². The van der Waals surface area contributed by atoms with E-state index in [2.05, 4.69) is 4.74 Å². The molecule has 1 aliphatic heterocycles. The van der Waals surface area contributed by atoms with E-state index in [0.717, 1.165) is 24.9 Å². The molecule has 2 N–H and O–H groups in total. The Labute approximate surface area is 156 Å². The van der Waals surface area contributed by atoms with Crippen LogP contribution in [0.4, 0.5) is 14.5 Å². The van der Waals surface area contributed by atoms with Crippen LogP contribution in [-0.4, -0.2) is 55.6 Å². The largest absolute Gasteiger partial charge is 0.486 e. The van der Waals surface area contributed by atoms with Gasteiger partial charge in [-0.25, -0.2) is 0 Å². The first-order chi connectivity index (χ1) is 12.9. The molecule has 2 fully saturated rings. The minimum absolute atomic E-state index is 0.0240. The van der Waals surface area contributed by atoms with E-state index in [1.54, 1.807) is 17.0 Å². The van der Waals surface area contributed by atoms with Gasteiger partial charge >= 0.3 is 6.61 Å². The van der Waals surface area contributed by atoms with Crippen molar-refractivity contribution in [3.63, 3.8) is 0 Å². The quantitative estimate of drug-likeness (QED) is 0.725. The molecule has 1 aromatic rings. The van der Waals surface area contributed by atoms with E-state index in [-0.39, 0.29) is 24.2 Å². The normalized spacial score (nSPS) is 17.6. The van der Waals surface area contributed by atoms with E-state index in [1.165, 1.54) is 6.07 Å². The lowest BCUT2D eigenvalue weighted by molar-refractivity contribution is -0.135. The number of nitrogens with zero attached hydrogens (tertiary/aromatic N) is 2. The van der Waals surface area contributed by atoms with Crippen molar-refractivity contribution in [1.29, 1.82) is 0 Å². The number of nitrogens with two attached hydrogens (primary N) is 1. The van der Waals surface area contributed by atoms with Gasteiger partial charge in [0.2, 0.25) is 11.8 Å². The number of carbonyl (C=O) groups is 2. The summed E-state index contributed by atoms with van der Waals surface area (Å²) < 4.78 is 35.7. The van der Waals surface area contributed by atoms with E-state index in [0.29, 0.717) is 31.9 Å². The molecule has 1 saturated heterocycles. The maximum Gasteiger partial charge on any atom is 0.387 e. The third kappa shape index (κ3) is 4.99. The molecule has 27 heavy (non-hydrogen) atoms. The van der Waals surface area contributed by atoms with E-state index < -0.39 is 12.5 Å². The minimum Gasteiger partial charge on any atom is -0.486 e. The molecule has 148 valence electrons. The molecule has 0 atom stereocenters. The van der Waals surface area contributed by atoms with Gasteiger partial charge < -0.3 is 25.0 Å². The lowest BCUT2D eigenvalue weighted by atomic mass is 9.96. The van der Waals surface area contributed by atoms with E-state index in [4.69, 9.17) is 10.5 Å². The van der Waals surface area contributed by atoms with Crippen LogP contribution in [0, 0.1) is 0 Å². The van der Waals surface area contributed by atoms with Crippen molar-refractivity contribution in [3.05, 3.63) is 18.2 Å². The number of halogens is 2. The fourth-order valence-corrected chi connectivity index (χ4v) is 3.12. The topological polar surface area (TPSA) is 85.1 Å². The number of ether oxygens (including phenoxy) is 2. The first-order valence-electron chi connectivity index (χ1n) is 8.99. The highest BCUT2D eigenvalue weighted by molar-refractivity contribution is 5.96. The Bertz CT molecular complexity index is 689. The zero-order valence-corrected chi connectivity index (χ0v) is 14.9. The molecule has 7 nitrogen and oxygen atoms in total. The van der Waals surface area contributed by atoms with E-state index in [9.17, 15) is 18.4 Å². The fourth-order valence-electron chi connectivity index (χ4n) is 3.12. The van der Waals surface area contributed by atoms with Gasteiger partial charge in [-0.05, 0) is 31.4 Å². The highest BCUT2D eigenvalue weighted by Gasteiger charge is 2.25. The minimum atomic E-state index is -2.92. The highest BCUT2D eigenvalue weighted by Crippen LogP contribution is 2.36. The Morgan fingerprint density at radius 3 is 2.41 bits per heavy atom. The summed E-state index contributed by atoms with van der Waals surface area (Å²) in [6.07, 6.45) is 2.61. The summed E-state index contributed by atoms with van der Waals surface area (Å²) in [4.78, 5) is 26.4. The van der Waals surface area contributed by atoms with Gasteiger partial charge in [0.05, 0.1) is 6.10 Å². The molecule has 1 aromatic carbocycles. The standard InChI is InChI=1S/C18H23F2N3O4/c19-18(20)27-14-5-4-12(10-15(14)26-13-2-1-3-13)22-6-8-23(9-7-22)17(25)11-16(21)24/h4-5,10,13,18H,1-3,6-9,11H2,(H2,21,24). The van der Waals surface area contributed by atoms with Crippen molar-refractivity contribution >= 4 is 17.5 Å². The predicted octanol–water partition coefficient (Wildman–Crippen LogP) is 1.74. The zero-order chi connectivity index (χ0) is 19.4. The first-order valence-corrected chi connectivity index (χ1v) is 8.99. The van der Waals surface area contributed by atoms with Crippen LogP contribution >= 0.6 is 0 Å². The Balaban J connectivity index is 1.66. The zero-order valence-electron chi connectivity index (χ0n) is 14.9. The van der Waals surface area contributed by atoms with Gasteiger partial charge in [-0.3, -0.25) is 9.59 Å². The van der Waals surface area contributed by atoms with E-state index >= 15 is 0 Å². The van der Waals surface area contributed by atoms with Crippen molar-refractivity contribution < 1.29 is 27.8 Å². The Morgan fingerprint density at radius 1 is 1.15 bits per heavy atom. The lowest BCUT2D eigenvalue weighted by Crippen LogP contribution is -2.49. The second-order valence-electron chi connectivity index (χ2n) is 6.69. The number of alkyl halides is 2. The van der Waals surface area contributed by atoms with Gasteiger partial charge in [-0.1, -0.05) is 0 Å². The molecule has 0 unspecified atom stereocenters. The Hall–Kier alpha value is -2.58. The molecule has 0 radical (unpaired) electrons. The second-order valence-corrected chi connectivity index (χ2v) is 6.69. The second kappa shape index (κ2) is 8.41. The number of carbonyl (C=O) groups excluding carboxylic acids is 2. The summed E-state index contributed by atoms with van der Waals surface area (Å²) in [5, 5.41) is 0. The maximum atomic E-state index is 12.6. The summed E-state index contributed by atoms with van der Waals surface area (Å²) in [5.74, 6) is -0.590. The molecule has 0 aromatic heterocycles. The van der Waals surface area contributed by atoms with Crippen LogP contribution < -0.4 is 20.1 Å². The molecule has 0 spiro atoms. The molecule has 2 aliphatic rings. The van der Waals surface area contributed by atoms with Gasteiger partial charge in [0.15, 0.2) is 11.5 Å². The SMILES string of the molecule is NC(=O)CC(=O)N1CCN(c2ccc(OC(F)F)c(OC3CCC3)c2)CC1. The van der Waals surface area contributed by atoms with Crippen LogP contribution in [0.2, 0.25) is 0 Å². The number of hydrogen-bond acceptors (Lipinski definition) is 5. The molecule has 1 saturated carbocycles. The van der Waals surface area contributed by atoms with Crippen molar-refractivity contribution in [2.75, 3.05) is 31.1 Å². The van der Waals surface area contributed by atoms with Gasteiger partial charge in [-0.2, -0.15) is 8.78 Å². The number of rotatable bonds is 7. The van der Waals surface area contributed by atoms with Crippen LogP contribution in [0.5, 0.6) is 11.5 Å². The van der Waals surface area contributed by atoms with Crippen molar-refractivity contribution in [2.24, 2.45) is 5.73 Å². The molecule has 0 bridgehead atoms. The molecular formula is C18H23F2N3O4. The number of anilines is 1. The van der Waals surface area contributed by atoms with Gasteiger partial charge in [0.25, 0.3) is 0 Å². The average Bonchev–Trinajstić information content (AvgIpc) is 2.58. The number of benzene rings is 1. The smallest absolute Gasteiger partial charge is 0.387 e. The van der Waals surface area contributed by atoms with Crippen molar-refractivity contribution in [2.45, 2.75) is 38.4 Å². The van der Waals surface area contributed by atoms with Crippen molar-refractivity contribution in [1.82, 2.24) is 4.90 Å². The average molecular weight is 383 g/mol. The fraction of sp³-hybridized carbons (Fsp3) is 0.556. The number of primary amides is 1. The molecule has 3 rings (SSSR count). The van der Waals surface area contributed by atoms with Crippen LogP contribution in [0.3, 0.4) is 0 Å². The van der Waals surface area contributed by atoms with Crippen LogP contribution in [0.15, 0.2) is 18.2 Å². The third-order valence-electron chi connectivity index (χ3n) is 4.81. The first kappa shape index (κ1) is 19.2. The summed E-state index contributed by atoms with van der Waals surface area (Å²) in [6.45, 7) is -0.884. The van der Waals surface area contributed by atoms with E-state index in [1.807, 2.05) is 4.90 Å². The summed E-state index contributed by atoms with van der Waals surface area (Å²) in [7, 11) is 0. The number of hydrogen-bond donors (Lipinski definition) is 1. The van der Waals surface area contributed by atoms with Gasteiger partial charge in [-0.15, -0.1) is 0 Å². The molecule has 1 heterocycles. The summed E-state index contributed by atoms with van der Waals surface area (Å²) in [5.41, 5.74) is 5.88. The number of piperazine rings is 1. The summed E-state index contributed by atoms with van der Waals surface area (Å²) >= 11 is 0. The Kier molecular flexibility index (Phi) is 5.98. The van der Waals surface area contributed by atoms with Crippen LogP contribution in [0.25, 0.3) is 0 Å². The predicted molar refractivity (Wildman–Crippen MR) is 93.9 cm³/mol. The number of amides is 2. The molecule has 2 amide bonds. The molecule has 1 aliphatic carbocycles. The van der Waals surface area contributed by atoms with Crippen molar-refractivity contribution in [3.8, 4) is 11.5 Å². The monoisotopic (exact) mass is 383 g/mol. The lowest BCUT2D eigenvalue weighted by Gasteiger charge is -2.36. The van der Waals surface area contributed by atoms with Gasteiger partial charge in [0.1, 0.15) is 6.42 Å². The Morgan fingerprint density at radius 2 is 1.85 bits per heavy atom. The molecular weight excluding hydrogens is 360 g/mol. The molecule has 9 heteroatoms.